The highest BCUT2D eigenvalue weighted by molar-refractivity contribution is 5.21. The van der Waals surface area contributed by atoms with E-state index in [2.05, 4.69) is 5.43 Å². The molecule has 4 nitrogen and oxygen atoms in total. The minimum atomic E-state index is 0.149. The van der Waals surface area contributed by atoms with Gasteiger partial charge in [0.15, 0.2) is 0 Å². The number of nitrogens with one attached hydrogen (secondary N) is 1. The van der Waals surface area contributed by atoms with Crippen LogP contribution in [0.4, 0.5) is 0 Å². The summed E-state index contributed by atoms with van der Waals surface area (Å²) in [5.41, 5.74) is 3.99. The summed E-state index contributed by atoms with van der Waals surface area (Å²) in [5.74, 6) is 6.95. The fourth-order valence-electron chi connectivity index (χ4n) is 2.01. The number of hydrogen-bond acceptors (Lipinski definition) is 4. The zero-order valence-electron chi connectivity index (χ0n) is 8.32. The average Bonchev–Trinajstić information content (AvgIpc) is 2.80. The van der Waals surface area contributed by atoms with Gasteiger partial charge >= 0.3 is 0 Å². The first kappa shape index (κ1) is 9.71. The van der Waals surface area contributed by atoms with Crippen molar-refractivity contribution in [3.8, 4) is 0 Å². The monoisotopic (exact) mass is 196 g/mol. The van der Waals surface area contributed by atoms with Crippen molar-refractivity contribution in [2.45, 2.75) is 19.4 Å². The summed E-state index contributed by atoms with van der Waals surface area (Å²) in [5, 5.41) is 0. The highest BCUT2D eigenvalue weighted by Crippen LogP contribution is 2.30. The van der Waals surface area contributed by atoms with Crippen molar-refractivity contribution in [2.24, 2.45) is 11.8 Å². The molecule has 14 heavy (non-hydrogen) atoms. The Morgan fingerprint density at radius 1 is 1.64 bits per heavy atom. The molecule has 1 aromatic heterocycles. The molecule has 0 amide bonds. The molecule has 0 aromatic carbocycles. The molecular formula is C10H16N2O2. The van der Waals surface area contributed by atoms with E-state index in [-0.39, 0.29) is 6.04 Å². The Bertz CT molecular complexity index is 292. The van der Waals surface area contributed by atoms with Gasteiger partial charge in [-0.3, -0.25) is 11.3 Å². The van der Waals surface area contributed by atoms with E-state index in [1.807, 2.05) is 13.0 Å². The van der Waals surface area contributed by atoms with Crippen LogP contribution in [0.15, 0.2) is 16.7 Å². The molecule has 0 aliphatic carbocycles. The van der Waals surface area contributed by atoms with Crippen LogP contribution in [0.3, 0.4) is 0 Å². The Morgan fingerprint density at radius 3 is 3.00 bits per heavy atom. The quantitative estimate of drug-likeness (QED) is 0.562. The maximum Gasteiger partial charge on any atom is 0.105 e. The molecular weight excluding hydrogens is 180 g/mol. The third-order valence-corrected chi connectivity index (χ3v) is 2.85. The van der Waals surface area contributed by atoms with E-state index < -0.39 is 0 Å². The van der Waals surface area contributed by atoms with E-state index in [0.29, 0.717) is 5.92 Å². The maximum absolute atomic E-state index is 5.57. The number of aryl methyl sites for hydroxylation is 1. The van der Waals surface area contributed by atoms with Crippen LogP contribution in [0.1, 0.15) is 23.8 Å². The summed E-state index contributed by atoms with van der Waals surface area (Å²) >= 11 is 0. The third kappa shape index (κ3) is 1.68. The summed E-state index contributed by atoms with van der Waals surface area (Å²) in [6.07, 6.45) is 2.75. The van der Waals surface area contributed by atoms with E-state index in [0.717, 1.165) is 31.0 Å². The molecule has 1 aliphatic heterocycles. The second-order valence-corrected chi connectivity index (χ2v) is 3.70. The van der Waals surface area contributed by atoms with Gasteiger partial charge in [0.2, 0.25) is 0 Å². The number of nitrogens with two attached hydrogens (primary N) is 1. The van der Waals surface area contributed by atoms with E-state index in [1.165, 1.54) is 0 Å². The molecule has 1 aromatic rings. The van der Waals surface area contributed by atoms with Crippen molar-refractivity contribution in [3.63, 3.8) is 0 Å². The van der Waals surface area contributed by atoms with E-state index >= 15 is 0 Å². The molecule has 1 aliphatic rings. The average molecular weight is 196 g/mol. The fraction of sp³-hybridized carbons (Fsp3) is 0.600. The number of ether oxygens (including phenoxy) is 1. The van der Waals surface area contributed by atoms with Gasteiger partial charge in [-0.15, -0.1) is 0 Å². The molecule has 1 saturated heterocycles. The SMILES string of the molecule is Cc1occc1C(NN)C1CCOC1. The van der Waals surface area contributed by atoms with Crippen LogP contribution >= 0.6 is 0 Å². The second-order valence-electron chi connectivity index (χ2n) is 3.70. The van der Waals surface area contributed by atoms with Gasteiger partial charge in [0.05, 0.1) is 18.9 Å². The highest BCUT2D eigenvalue weighted by atomic mass is 16.5. The summed E-state index contributed by atoms with van der Waals surface area (Å²) < 4.78 is 10.6. The normalized spacial score (nSPS) is 24.0. The van der Waals surface area contributed by atoms with Gasteiger partial charge < -0.3 is 9.15 Å². The van der Waals surface area contributed by atoms with Crippen LogP contribution in [-0.2, 0) is 4.74 Å². The molecule has 3 N–H and O–H groups in total. The first-order chi connectivity index (χ1) is 6.83. The molecule has 0 saturated carbocycles. The van der Waals surface area contributed by atoms with Crippen LogP contribution in [0, 0.1) is 12.8 Å². The number of hydrogen-bond donors (Lipinski definition) is 2. The fourth-order valence-corrected chi connectivity index (χ4v) is 2.01. The Morgan fingerprint density at radius 2 is 2.50 bits per heavy atom. The van der Waals surface area contributed by atoms with Crippen LogP contribution in [-0.4, -0.2) is 13.2 Å². The molecule has 4 heteroatoms. The molecule has 1 fully saturated rings. The Hall–Kier alpha value is -0.840. The lowest BCUT2D eigenvalue weighted by Gasteiger charge is -2.20. The molecule has 0 spiro atoms. The van der Waals surface area contributed by atoms with E-state index in [4.69, 9.17) is 15.0 Å². The molecule has 2 rings (SSSR count). The molecule has 0 bridgehead atoms. The Labute approximate surface area is 83.4 Å². The summed E-state index contributed by atoms with van der Waals surface area (Å²) in [6.45, 7) is 3.56. The summed E-state index contributed by atoms with van der Waals surface area (Å²) in [6, 6.07) is 2.12. The van der Waals surface area contributed by atoms with Gasteiger partial charge in [0.25, 0.3) is 0 Å². The van der Waals surface area contributed by atoms with Crippen LogP contribution < -0.4 is 11.3 Å². The van der Waals surface area contributed by atoms with Crippen LogP contribution in [0.2, 0.25) is 0 Å². The first-order valence-corrected chi connectivity index (χ1v) is 4.91. The summed E-state index contributed by atoms with van der Waals surface area (Å²) in [7, 11) is 0. The number of furan rings is 1. The molecule has 2 heterocycles. The third-order valence-electron chi connectivity index (χ3n) is 2.85. The minimum absolute atomic E-state index is 0.149. The van der Waals surface area contributed by atoms with Gasteiger partial charge in [0.1, 0.15) is 5.76 Å². The molecule has 0 radical (unpaired) electrons. The highest BCUT2D eigenvalue weighted by Gasteiger charge is 2.28. The smallest absolute Gasteiger partial charge is 0.105 e. The van der Waals surface area contributed by atoms with Gasteiger partial charge in [-0.25, -0.2) is 0 Å². The molecule has 2 unspecified atom stereocenters. The van der Waals surface area contributed by atoms with Crippen molar-refractivity contribution in [1.29, 1.82) is 0 Å². The summed E-state index contributed by atoms with van der Waals surface area (Å²) in [4.78, 5) is 0. The van der Waals surface area contributed by atoms with Gasteiger partial charge in [-0.2, -0.15) is 0 Å². The number of rotatable bonds is 3. The predicted octanol–water partition coefficient (Wildman–Crippen LogP) is 1.13. The first-order valence-electron chi connectivity index (χ1n) is 4.91. The van der Waals surface area contributed by atoms with Crippen molar-refractivity contribution >= 4 is 0 Å². The second kappa shape index (κ2) is 4.13. The van der Waals surface area contributed by atoms with Crippen LogP contribution in [0.5, 0.6) is 0 Å². The lowest BCUT2D eigenvalue weighted by Crippen LogP contribution is -2.34. The van der Waals surface area contributed by atoms with Crippen LogP contribution in [0.25, 0.3) is 0 Å². The van der Waals surface area contributed by atoms with Gasteiger partial charge in [-0.1, -0.05) is 0 Å². The zero-order chi connectivity index (χ0) is 9.97. The van der Waals surface area contributed by atoms with Crippen molar-refractivity contribution in [3.05, 3.63) is 23.7 Å². The topological polar surface area (TPSA) is 60.4 Å². The minimum Gasteiger partial charge on any atom is -0.469 e. The Balaban J connectivity index is 2.16. The standard InChI is InChI=1S/C10H16N2O2/c1-7-9(3-5-14-7)10(12-11)8-2-4-13-6-8/h3,5,8,10,12H,2,4,6,11H2,1H3. The van der Waals surface area contributed by atoms with Crippen molar-refractivity contribution in [1.82, 2.24) is 5.43 Å². The molecule has 78 valence electrons. The van der Waals surface area contributed by atoms with Crippen molar-refractivity contribution in [2.75, 3.05) is 13.2 Å². The van der Waals surface area contributed by atoms with E-state index in [1.54, 1.807) is 6.26 Å². The van der Waals surface area contributed by atoms with E-state index in [9.17, 15) is 0 Å². The zero-order valence-corrected chi connectivity index (χ0v) is 8.32. The lowest BCUT2D eigenvalue weighted by molar-refractivity contribution is 0.176. The molecule has 2 atom stereocenters. The van der Waals surface area contributed by atoms with Gasteiger partial charge in [-0.05, 0) is 19.4 Å². The van der Waals surface area contributed by atoms with Crippen molar-refractivity contribution < 1.29 is 9.15 Å². The van der Waals surface area contributed by atoms with Gasteiger partial charge in [0, 0.05) is 18.1 Å². The lowest BCUT2D eigenvalue weighted by atomic mass is 9.93. The maximum atomic E-state index is 5.57. The Kier molecular flexibility index (Phi) is 2.86. The predicted molar refractivity (Wildman–Crippen MR) is 52.4 cm³/mol. The number of hydrazine groups is 1. The largest absolute Gasteiger partial charge is 0.469 e.